The fraction of sp³-hybridized carbons (Fsp3) is 0.143. The van der Waals surface area contributed by atoms with E-state index in [4.69, 9.17) is 46.4 Å². The molecule has 0 aromatic heterocycles. The third-order valence-electron chi connectivity index (χ3n) is 3.06. The average Bonchev–Trinajstić information content (AvgIpc) is 2.40. The van der Waals surface area contributed by atoms with Crippen molar-refractivity contribution in [3.05, 3.63) is 62.6 Å². The number of hydrogen-bond donors (Lipinski definition) is 3. The second-order valence-electron chi connectivity index (χ2n) is 4.43. The Bertz CT molecular complexity index is 617. The Morgan fingerprint density at radius 3 is 2.30 bits per heavy atom. The zero-order valence-corrected chi connectivity index (χ0v) is 12.8. The maximum Gasteiger partial charge on any atom is 0.0521 e. The van der Waals surface area contributed by atoms with Gasteiger partial charge in [-0.05, 0) is 47.9 Å². The van der Waals surface area contributed by atoms with E-state index in [1.807, 2.05) is 12.1 Å². The third kappa shape index (κ3) is 3.57. The van der Waals surface area contributed by atoms with Crippen LogP contribution in [0.25, 0.3) is 0 Å². The lowest BCUT2D eigenvalue weighted by Gasteiger charge is -2.19. The van der Waals surface area contributed by atoms with E-state index in [1.54, 1.807) is 24.3 Å². The molecule has 106 valence electrons. The third-order valence-corrected chi connectivity index (χ3v) is 3.90. The van der Waals surface area contributed by atoms with Crippen molar-refractivity contribution in [3.63, 3.8) is 0 Å². The molecule has 0 heterocycles. The van der Waals surface area contributed by atoms with Gasteiger partial charge in [-0.3, -0.25) is 11.3 Å². The Morgan fingerprint density at radius 1 is 1.00 bits per heavy atom. The summed E-state index contributed by atoms with van der Waals surface area (Å²) < 4.78 is 0. The Kier molecular flexibility index (Phi) is 5.13. The molecule has 2 rings (SSSR count). The van der Waals surface area contributed by atoms with E-state index < -0.39 is 0 Å². The minimum atomic E-state index is -0.178. The molecule has 20 heavy (non-hydrogen) atoms. The van der Waals surface area contributed by atoms with Gasteiger partial charge < -0.3 is 5.73 Å². The van der Waals surface area contributed by atoms with Gasteiger partial charge in [-0.15, -0.1) is 0 Å². The maximum absolute atomic E-state index is 6.17. The molecule has 0 aliphatic heterocycles. The number of nitrogens with one attached hydrogen (secondary N) is 1. The van der Waals surface area contributed by atoms with Crippen LogP contribution in [0.3, 0.4) is 0 Å². The van der Waals surface area contributed by atoms with Crippen LogP contribution in [0.2, 0.25) is 15.1 Å². The molecule has 0 aliphatic carbocycles. The Hall–Kier alpha value is -0.970. The van der Waals surface area contributed by atoms with Crippen LogP contribution in [-0.4, -0.2) is 0 Å². The van der Waals surface area contributed by atoms with E-state index >= 15 is 0 Å². The predicted octanol–water partition coefficient (Wildman–Crippen LogP) is 3.98. The lowest BCUT2D eigenvalue weighted by molar-refractivity contribution is 0.553. The molecule has 0 radical (unpaired) electrons. The van der Waals surface area contributed by atoms with Crippen LogP contribution in [-0.2, 0) is 6.42 Å². The smallest absolute Gasteiger partial charge is 0.0521 e. The lowest BCUT2D eigenvalue weighted by Crippen LogP contribution is -2.30. The number of hydrazine groups is 1. The van der Waals surface area contributed by atoms with Crippen LogP contribution in [0.5, 0.6) is 0 Å². The Balaban J connectivity index is 2.31. The molecule has 5 N–H and O–H groups in total. The summed E-state index contributed by atoms with van der Waals surface area (Å²) in [6, 6.07) is 10.5. The Morgan fingerprint density at radius 2 is 1.65 bits per heavy atom. The van der Waals surface area contributed by atoms with E-state index in [-0.39, 0.29) is 6.04 Å². The molecular weight excluding hydrogens is 317 g/mol. The maximum atomic E-state index is 6.17. The van der Waals surface area contributed by atoms with Gasteiger partial charge in [-0.25, -0.2) is 0 Å². The van der Waals surface area contributed by atoms with Crippen molar-refractivity contribution in [1.82, 2.24) is 5.43 Å². The summed E-state index contributed by atoms with van der Waals surface area (Å²) in [7, 11) is 0. The predicted molar refractivity (Wildman–Crippen MR) is 86.1 cm³/mol. The summed E-state index contributed by atoms with van der Waals surface area (Å²) in [6.07, 6.45) is 0.571. The van der Waals surface area contributed by atoms with Gasteiger partial charge in [-0.2, -0.15) is 0 Å². The number of anilines is 1. The normalized spacial score (nSPS) is 12.4. The first kappa shape index (κ1) is 15.4. The first-order valence-electron chi connectivity index (χ1n) is 5.96. The fourth-order valence-corrected chi connectivity index (χ4v) is 2.61. The van der Waals surface area contributed by atoms with E-state index in [2.05, 4.69) is 5.43 Å². The van der Waals surface area contributed by atoms with Crippen LogP contribution in [0.15, 0.2) is 36.4 Å². The van der Waals surface area contributed by atoms with Gasteiger partial charge in [0.1, 0.15) is 0 Å². The molecule has 3 nitrogen and oxygen atoms in total. The van der Waals surface area contributed by atoms with Crippen LogP contribution >= 0.6 is 34.8 Å². The van der Waals surface area contributed by atoms with Crippen LogP contribution < -0.4 is 17.0 Å². The summed E-state index contributed by atoms with van der Waals surface area (Å²) in [5, 5.41) is 1.86. The summed E-state index contributed by atoms with van der Waals surface area (Å²) in [4.78, 5) is 0. The first-order chi connectivity index (χ1) is 9.51. The Labute approximate surface area is 132 Å². The highest BCUT2D eigenvalue weighted by Crippen LogP contribution is 2.29. The van der Waals surface area contributed by atoms with E-state index in [0.717, 1.165) is 11.1 Å². The zero-order chi connectivity index (χ0) is 14.7. The number of rotatable bonds is 4. The van der Waals surface area contributed by atoms with E-state index in [0.29, 0.717) is 27.2 Å². The van der Waals surface area contributed by atoms with Crippen LogP contribution in [0.4, 0.5) is 5.69 Å². The summed E-state index contributed by atoms with van der Waals surface area (Å²) in [5.41, 5.74) is 11.1. The molecule has 1 unspecified atom stereocenters. The molecule has 0 fully saturated rings. The van der Waals surface area contributed by atoms with Gasteiger partial charge in [-0.1, -0.05) is 40.9 Å². The van der Waals surface area contributed by atoms with Crippen LogP contribution in [0, 0.1) is 0 Å². The van der Waals surface area contributed by atoms with Gasteiger partial charge in [0.2, 0.25) is 0 Å². The van der Waals surface area contributed by atoms with Crippen molar-refractivity contribution in [2.24, 2.45) is 5.84 Å². The molecular formula is C14H14Cl3N3. The van der Waals surface area contributed by atoms with Gasteiger partial charge in [0.25, 0.3) is 0 Å². The quantitative estimate of drug-likeness (QED) is 0.451. The summed E-state index contributed by atoms with van der Waals surface area (Å²) in [5.74, 6) is 5.63. The zero-order valence-electron chi connectivity index (χ0n) is 10.5. The SMILES string of the molecule is NNC(Cc1cc(Cl)ccc1Cl)c1ccc(Cl)cc1N. The molecule has 6 heteroatoms. The minimum Gasteiger partial charge on any atom is -0.398 e. The van der Waals surface area contributed by atoms with E-state index in [1.165, 1.54) is 0 Å². The summed E-state index contributed by atoms with van der Waals surface area (Å²) in [6.45, 7) is 0. The number of benzene rings is 2. The highest BCUT2D eigenvalue weighted by atomic mass is 35.5. The van der Waals surface area contributed by atoms with E-state index in [9.17, 15) is 0 Å². The molecule has 2 aromatic carbocycles. The van der Waals surface area contributed by atoms with Crippen LogP contribution in [0.1, 0.15) is 17.2 Å². The number of hydrogen-bond acceptors (Lipinski definition) is 3. The van der Waals surface area contributed by atoms with Gasteiger partial charge in [0.15, 0.2) is 0 Å². The molecule has 0 bridgehead atoms. The number of nitrogen functional groups attached to an aromatic ring is 1. The molecule has 1 atom stereocenters. The average molecular weight is 331 g/mol. The van der Waals surface area contributed by atoms with Crippen molar-refractivity contribution < 1.29 is 0 Å². The molecule has 0 amide bonds. The second-order valence-corrected chi connectivity index (χ2v) is 5.71. The highest BCUT2D eigenvalue weighted by molar-refractivity contribution is 6.33. The second kappa shape index (κ2) is 6.66. The van der Waals surface area contributed by atoms with Crippen molar-refractivity contribution in [2.75, 3.05) is 5.73 Å². The van der Waals surface area contributed by atoms with Crippen molar-refractivity contribution in [2.45, 2.75) is 12.5 Å². The van der Waals surface area contributed by atoms with Gasteiger partial charge in [0, 0.05) is 20.8 Å². The number of halogens is 3. The molecule has 0 aliphatic rings. The highest BCUT2D eigenvalue weighted by Gasteiger charge is 2.15. The minimum absolute atomic E-state index is 0.178. The summed E-state index contributed by atoms with van der Waals surface area (Å²) >= 11 is 18.1. The molecule has 0 saturated heterocycles. The molecule has 0 saturated carbocycles. The fourth-order valence-electron chi connectivity index (χ4n) is 2.04. The molecule has 0 spiro atoms. The molecule has 2 aromatic rings. The standard InChI is InChI=1S/C14H14Cl3N3/c15-9-2-4-12(17)8(5-9)6-14(20-19)11-3-1-10(16)7-13(11)18/h1-5,7,14,20H,6,18-19H2. The largest absolute Gasteiger partial charge is 0.398 e. The monoisotopic (exact) mass is 329 g/mol. The topological polar surface area (TPSA) is 64.1 Å². The van der Waals surface area contributed by atoms with Crippen molar-refractivity contribution in [1.29, 1.82) is 0 Å². The number of nitrogens with two attached hydrogens (primary N) is 2. The van der Waals surface area contributed by atoms with Crippen molar-refractivity contribution in [3.8, 4) is 0 Å². The van der Waals surface area contributed by atoms with Gasteiger partial charge in [0.05, 0.1) is 6.04 Å². The first-order valence-corrected chi connectivity index (χ1v) is 7.09. The van der Waals surface area contributed by atoms with Gasteiger partial charge >= 0.3 is 0 Å². The van der Waals surface area contributed by atoms with Crippen molar-refractivity contribution >= 4 is 40.5 Å². The lowest BCUT2D eigenvalue weighted by atomic mass is 9.98.